The highest BCUT2D eigenvalue weighted by atomic mass is 16.5. The molecule has 3 aromatic carbocycles. The van der Waals surface area contributed by atoms with Crippen LogP contribution in [-0.2, 0) is 6.54 Å². The molecule has 0 atom stereocenters. The molecule has 32 heavy (non-hydrogen) atoms. The van der Waals surface area contributed by atoms with Crippen LogP contribution < -0.4 is 14.8 Å². The van der Waals surface area contributed by atoms with Crippen LogP contribution in [0.25, 0.3) is 11.4 Å². The topological polar surface area (TPSA) is 73.3 Å². The van der Waals surface area contributed by atoms with Gasteiger partial charge in [-0.1, -0.05) is 42.0 Å². The number of carbonyl (C=O) groups is 1. The molecule has 1 N–H and O–H groups in total. The maximum Gasteiger partial charge on any atom is 0.251 e. The summed E-state index contributed by atoms with van der Waals surface area (Å²) in [5, 5.41) is 2.94. The highest BCUT2D eigenvalue weighted by Gasteiger charge is 2.09. The molecule has 0 saturated heterocycles. The summed E-state index contributed by atoms with van der Waals surface area (Å²) in [6.45, 7) is 2.52. The molecule has 0 fully saturated rings. The first-order valence-corrected chi connectivity index (χ1v) is 10.2. The van der Waals surface area contributed by atoms with Crippen molar-refractivity contribution in [2.45, 2.75) is 13.5 Å². The van der Waals surface area contributed by atoms with Gasteiger partial charge in [-0.3, -0.25) is 4.79 Å². The number of methoxy groups -OCH3 is 1. The Hall–Kier alpha value is -4.19. The molecule has 0 aliphatic heterocycles. The molecule has 0 saturated carbocycles. The van der Waals surface area contributed by atoms with E-state index in [9.17, 15) is 4.79 Å². The fourth-order valence-corrected chi connectivity index (χ4v) is 3.06. The minimum absolute atomic E-state index is 0.130. The number of amides is 1. The zero-order valence-electron chi connectivity index (χ0n) is 17.9. The summed E-state index contributed by atoms with van der Waals surface area (Å²) < 4.78 is 11.0. The molecule has 0 bridgehead atoms. The number of hydrogen-bond donors (Lipinski definition) is 1. The molecule has 0 radical (unpaired) electrons. The fraction of sp³-hybridized carbons (Fsp3) is 0.115. The first kappa shape index (κ1) is 21.1. The summed E-state index contributed by atoms with van der Waals surface area (Å²) in [7, 11) is 1.62. The molecule has 0 aliphatic rings. The van der Waals surface area contributed by atoms with Crippen molar-refractivity contribution < 1.29 is 14.3 Å². The van der Waals surface area contributed by atoms with Gasteiger partial charge in [-0.25, -0.2) is 4.98 Å². The number of carbonyl (C=O) groups excluding carboxylic acids is 1. The lowest BCUT2D eigenvalue weighted by Gasteiger charge is -2.08. The lowest BCUT2D eigenvalue weighted by Crippen LogP contribution is -2.22. The van der Waals surface area contributed by atoms with Gasteiger partial charge < -0.3 is 14.8 Å². The van der Waals surface area contributed by atoms with Crippen LogP contribution in [0.2, 0.25) is 0 Å². The van der Waals surface area contributed by atoms with Crippen molar-refractivity contribution in [2.75, 3.05) is 7.11 Å². The van der Waals surface area contributed by atoms with Gasteiger partial charge in [0.05, 0.1) is 7.11 Å². The Kier molecular flexibility index (Phi) is 6.41. The van der Waals surface area contributed by atoms with E-state index in [0.717, 1.165) is 16.9 Å². The van der Waals surface area contributed by atoms with Crippen molar-refractivity contribution in [1.82, 2.24) is 15.3 Å². The van der Waals surface area contributed by atoms with Gasteiger partial charge in [-0.2, -0.15) is 4.98 Å². The van der Waals surface area contributed by atoms with Crippen LogP contribution in [0.3, 0.4) is 0 Å². The maximum atomic E-state index is 12.5. The Bertz CT molecular complexity index is 1190. The molecule has 6 heteroatoms. The number of benzene rings is 3. The van der Waals surface area contributed by atoms with Crippen molar-refractivity contribution in [2.24, 2.45) is 0 Å². The van der Waals surface area contributed by atoms with Gasteiger partial charge >= 0.3 is 0 Å². The van der Waals surface area contributed by atoms with Gasteiger partial charge in [0.2, 0.25) is 5.88 Å². The van der Waals surface area contributed by atoms with Gasteiger partial charge in [0.15, 0.2) is 5.82 Å². The van der Waals surface area contributed by atoms with Crippen molar-refractivity contribution in [3.63, 3.8) is 0 Å². The SMILES string of the molecule is COc1ccc(Oc2ccnc(-c3ccc(C(=O)NCc4ccc(C)cc4)cc3)n2)cc1. The number of hydrogen-bond acceptors (Lipinski definition) is 5. The molecule has 1 heterocycles. The van der Waals surface area contributed by atoms with Gasteiger partial charge in [0, 0.05) is 29.9 Å². The summed E-state index contributed by atoms with van der Waals surface area (Å²) in [5.41, 5.74) is 3.62. The van der Waals surface area contributed by atoms with Crippen molar-refractivity contribution in [3.05, 3.63) is 102 Å². The summed E-state index contributed by atoms with van der Waals surface area (Å²) >= 11 is 0. The molecule has 4 rings (SSSR count). The third-order valence-electron chi connectivity index (χ3n) is 4.89. The van der Waals surface area contributed by atoms with Crippen molar-refractivity contribution >= 4 is 5.91 Å². The zero-order chi connectivity index (χ0) is 22.3. The number of aromatic nitrogens is 2. The van der Waals surface area contributed by atoms with Crippen LogP contribution in [0, 0.1) is 6.92 Å². The van der Waals surface area contributed by atoms with E-state index < -0.39 is 0 Å². The van der Waals surface area contributed by atoms with E-state index in [-0.39, 0.29) is 5.91 Å². The molecule has 0 aliphatic carbocycles. The Morgan fingerprint density at radius 3 is 2.25 bits per heavy atom. The number of nitrogens with one attached hydrogen (secondary N) is 1. The van der Waals surface area contributed by atoms with E-state index in [4.69, 9.17) is 9.47 Å². The Morgan fingerprint density at radius 2 is 1.56 bits per heavy atom. The van der Waals surface area contributed by atoms with Crippen LogP contribution in [-0.4, -0.2) is 23.0 Å². The molecule has 0 unspecified atom stereocenters. The van der Waals surface area contributed by atoms with Crippen LogP contribution in [0.5, 0.6) is 17.4 Å². The van der Waals surface area contributed by atoms with Gasteiger partial charge in [-0.05, 0) is 48.9 Å². The highest BCUT2D eigenvalue weighted by molar-refractivity contribution is 5.94. The largest absolute Gasteiger partial charge is 0.497 e. The monoisotopic (exact) mass is 425 g/mol. The highest BCUT2D eigenvalue weighted by Crippen LogP contribution is 2.24. The summed E-state index contributed by atoms with van der Waals surface area (Å²) in [6, 6.07) is 24.2. The van der Waals surface area contributed by atoms with Gasteiger partial charge in [0.25, 0.3) is 5.91 Å². The Labute approximate surface area is 186 Å². The first-order chi connectivity index (χ1) is 15.6. The van der Waals surface area contributed by atoms with Crippen LogP contribution in [0.1, 0.15) is 21.5 Å². The van der Waals surface area contributed by atoms with E-state index in [1.165, 1.54) is 5.56 Å². The van der Waals surface area contributed by atoms with Gasteiger partial charge in [0.1, 0.15) is 11.5 Å². The summed E-state index contributed by atoms with van der Waals surface area (Å²) in [6.07, 6.45) is 1.64. The van der Waals surface area contributed by atoms with E-state index >= 15 is 0 Å². The normalized spacial score (nSPS) is 10.4. The van der Waals surface area contributed by atoms with Gasteiger partial charge in [-0.15, -0.1) is 0 Å². The standard InChI is InChI=1S/C26H23N3O3/c1-18-3-5-19(6-4-18)17-28-26(30)21-9-7-20(8-10-21)25-27-16-15-24(29-25)32-23-13-11-22(31-2)12-14-23/h3-16H,17H2,1-2H3,(H,28,30). The second-order valence-corrected chi connectivity index (χ2v) is 7.24. The van der Waals surface area contributed by atoms with Crippen LogP contribution in [0.15, 0.2) is 85.1 Å². The predicted molar refractivity (Wildman–Crippen MR) is 123 cm³/mol. The minimum Gasteiger partial charge on any atom is -0.497 e. The molecule has 6 nitrogen and oxygen atoms in total. The average Bonchev–Trinajstić information content (AvgIpc) is 2.84. The predicted octanol–water partition coefficient (Wildman–Crippen LogP) is 5.18. The second-order valence-electron chi connectivity index (χ2n) is 7.24. The van der Waals surface area contributed by atoms with Crippen LogP contribution >= 0.6 is 0 Å². The average molecular weight is 425 g/mol. The fourth-order valence-electron chi connectivity index (χ4n) is 3.06. The van der Waals surface area contributed by atoms with E-state index in [0.29, 0.717) is 29.6 Å². The zero-order valence-corrected chi connectivity index (χ0v) is 17.9. The van der Waals surface area contributed by atoms with E-state index in [1.807, 2.05) is 67.6 Å². The third-order valence-corrected chi connectivity index (χ3v) is 4.89. The number of rotatable bonds is 7. The lowest BCUT2D eigenvalue weighted by atomic mass is 10.1. The number of nitrogens with zero attached hydrogens (tertiary/aromatic N) is 2. The molecular weight excluding hydrogens is 402 g/mol. The molecule has 160 valence electrons. The number of ether oxygens (including phenoxy) is 2. The molecule has 1 aromatic heterocycles. The van der Waals surface area contributed by atoms with E-state index in [1.54, 1.807) is 31.5 Å². The van der Waals surface area contributed by atoms with Crippen molar-refractivity contribution in [1.29, 1.82) is 0 Å². The summed E-state index contributed by atoms with van der Waals surface area (Å²) in [5.74, 6) is 2.22. The first-order valence-electron chi connectivity index (χ1n) is 10.2. The summed E-state index contributed by atoms with van der Waals surface area (Å²) in [4.78, 5) is 21.3. The smallest absolute Gasteiger partial charge is 0.251 e. The van der Waals surface area contributed by atoms with E-state index in [2.05, 4.69) is 15.3 Å². The van der Waals surface area contributed by atoms with Crippen molar-refractivity contribution in [3.8, 4) is 28.8 Å². The quantitative estimate of drug-likeness (QED) is 0.441. The Balaban J connectivity index is 1.41. The lowest BCUT2D eigenvalue weighted by molar-refractivity contribution is 0.0951. The third kappa shape index (κ3) is 5.29. The maximum absolute atomic E-state index is 12.5. The molecule has 4 aromatic rings. The molecular formula is C26H23N3O3. The molecule has 1 amide bonds. The number of aryl methyl sites for hydroxylation is 1. The minimum atomic E-state index is -0.130. The van der Waals surface area contributed by atoms with Crippen LogP contribution in [0.4, 0.5) is 0 Å². The Morgan fingerprint density at radius 1 is 0.875 bits per heavy atom. The molecule has 0 spiro atoms. The second kappa shape index (κ2) is 9.75.